The fourth-order valence-corrected chi connectivity index (χ4v) is 2.32. The highest BCUT2D eigenvalue weighted by atomic mass is 19.3. The Kier molecular flexibility index (Phi) is 5.21. The van der Waals surface area contributed by atoms with Gasteiger partial charge in [-0.25, -0.2) is 8.78 Å². The molecule has 0 saturated heterocycles. The molecule has 1 saturated carbocycles. The van der Waals surface area contributed by atoms with E-state index in [1.165, 1.54) is 0 Å². The van der Waals surface area contributed by atoms with Gasteiger partial charge >= 0.3 is 0 Å². The van der Waals surface area contributed by atoms with Gasteiger partial charge in [-0.05, 0) is 19.3 Å². The normalized spacial score (nSPS) is 24.0. The first-order valence-electron chi connectivity index (χ1n) is 6.59. The van der Waals surface area contributed by atoms with Crippen molar-refractivity contribution in [2.24, 2.45) is 5.73 Å². The van der Waals surface area contributed by atoms with E-state index in [1.54, 1.807) is 0 Å². The Balaban J connectivity index is 1.78. The van der Waals surface area contributed by atoms with E-state index in [0.717, 1.165) is 25.7 Å². The van der Waals surface area contributed by atoms with E-state index in [9.17, 15) is 8.78 Å². The smallest absolute Gasteiger partial charge is 0.261 e. The molecule has 0 amide bonds. The molecule has 0 bridgehead atoms. The van der Waals surface area contributed by atoms with E-state index in [-0.39, 0.29) is 18.6 Å². The maximum atomic E-state index is 11.9. The predicted octanol–water partition coefficient (Wildman–Crippen LogP) is 1.88. The molecular weight excluding hydrogens is 256 g/mol. The number of nitrogens with zero attached hydrogens (tertiary/aromatic N) is 2. The van der Waals surface area contributed by atoms with Crippen molar-refractivity contribution in [3.05, 3.63) is 11.7 Å². The number of rotatable bonds is 6. The zero-order valence-corrected chi connectivity index (χ0v) is 10.7. The lowest BCUT2D eigenvalue weighted by Gasteiger charge is -2.23. The SMILES string of the molecule is NC1CCCC(c2nc(CCOCC(F)F)no2)C1. The summed E-state index contributed by atoms with van der Waals surface area (Å²) < 4.78 is 33.7. The molecule has 0 spiro atoms. The molecule has 5 nitrogen and oxygen atoms in total. The number of alkyl halides is 2. The van der Waals surface area contributed by atoms with Gasteiger partial charge in [0.05, 0.1) is 6.61 Å². The van der Waals surface area contributed by atoms with Crippen LogP contribution in [-0.4, -0.2) is 35.8 Å². The molecule has 2 N–H and O–H groups in total. The maximum absolute atomic E-state index is 11.9. The summed E-state index contributed by atoms with van der Waals surface area (Å²) in [6, 6.07) is 0.198. The lowest BCUT2D eigenvalue weighted by atomic mass is 9.86. The Morgan fingerprint density at radius 1 is 1.42 bits per heavy atom. The van der Waals surface area contributed by atoms with E-state index in [2.05, 4.69) is 10.1 Å². The van der Waals surface area contributed by atoms with Crippen molar-refractivity contribution in [2.75, 3.05) is 13.2 Å². The van der Waals surface area contributed by atoms with Crippen LogP contribution in [0.2, 0.25) is 0 Å². The second-order valence-electron chi connectivity index (χ2n) is 4.89. The highest BCUT2D eigenvalue weighted by Crippen LogP contribution is 2.30. The summed E-state index contributed by atoms with van der Waals surface area (Å²) in [6.45, 7) is -0.379. The minimum Gasteiger partial charge on any atom is -0.375 e. The summed E-state index contributed by atoms with van der Waals surface area (Å²) in [6.07, 6.45) is 1.93. The molecule has 0 radical (unpaired) electrons. The number of hydrogen-bond acceptors (Lipinski definition) is 5. The number of halogens is 2. The lowest BCUT2D eigenvalue weighted by Crippen LogP contribution is -2.26. The van der Waals surface area contributed by atoms with Crippen LogP contribution in [0.3, 0.4) is 0 Å². The Bertz CT molecular complexity index is 387. The average Bonchev–Trinajstić information content (AvgIpc) is 2.83. The van der Waals surface area contributed by atoms with Crippen LogP contribution >= 0.6 is 0 Å². The molecule has 0 aliphatic heterocycles. The van der Waals surface area contributed by atoms with Gasteiger partial charge in [0, 0.05) is 18.4 Å². The standard InChI is InChI=1S/C12H19F2N3O2/c13-10(14)7-18-5-4-11-16-12(19-17-11)8-2-1-3-9(15)6-8/h8-10H,1-7,15H2. The van der Waals surface area contributed by atoms with Gasteiger partial charge < -0.3 is 15.0 Å². The largest absolute Gasteiger partial charge is 0.375 e. The van der Waals surface area contributed by atoms with Gasteiger partial charge in [0.2, 0.25) is 5.89 Å². The summed E-state index contributed by atoms with van der Waals surface area (Å²) in [5, 5.41) is 3.84. The van der Waals surface area contributed by atoms with Crippen LogP contribution in [0.4, 0.5) is 8.78 Å². The summed E-state index contributed by atoms with van der Waals surface area (Å²) in [5.41, 5.74) is 5.91. The number of aromatic nitrogens is 2. The van der Waals surface area contributed by atoms with Crippen LogP contribution in [0.5, 0.6) is 0 Å². The second-order valence-corrected chi connectivity index (χ2v) is 4.89. The molecule has 7 heteroatoms. The Morgan fingerprint density at radius 3 is 3.00 bits per heavy atom. The molecule has 108 valence electrons. The van der Waals surface area contributed by atoms with E-state index in [1.807, 2.05) is 0 Å². The van der Waals surface area contributed by atoms with Crippen LogP contribution in [0.1, 0.15) is 43.3 Å². The van der Waals surface area contributed by atoms with Crippen LogP contribution in [0.25, 0.3) is 0 Å². The van der Waals surface area contributed by atoms with Crippen LogP contribution in [0.15, 0.2) is 4.52 Å². The third-order valence-electron chi connectivity index (χ3n) is 3.26. The summed E-state index contributed by atoms with van der Waals surface area (Å²) in [7, 11) is 0. The first-order chi connectivity index (χ1) is 9.15. The van der Waals surface area contributed by atoms with Crippen LogP contribution in [0, 0.1) is 0 Å². The van der Waals surface area contributed by atoms with Crippen molar-refractivity contribution in [3.8, 4) is 0 Å². The summed E-state index contributed by atoms with van der Waals surface area (Å²) >= 11 is 0. The quantitative estimate of drug-likeness (QED) is 0.802. The first-order valence-corrected chi connectivity index (χ1v) is 6.59. The van der Waals surface area contributed by atoms with Crippen molar-refractivity contribution in [3.63, 3.8) is 0 Å². The Hall–Kier alpha value is -1.08. The molecule has 19 heavy (non-hydrogen) atoms. The molecule has 2 unspecified atom stereocenters. The number of ether oxygens (including phenoxy) is 1. The maximum Gasteiger partial charge on any atom is 0.261 e. The van der Waals surface area contributed by atoms with E-state index < -0.39 is 13.0 Å². The molecule has 1 aliphatic rings. The Labute approximate surface area is 110 Å². The molecule has 1 aromatic heterocycles. The summed E-state index contributed by atoms with van der Waals surface area (Å²) in [5.74, 6) is 1.34. The third kappa shape index (κ3) is 4.50. The van der Waals surface area contributed by atoms with Crippen LogP contribution < -0.4 is 5.73 Å². The molecule has 1 aliphatic carbocycles. The fourth-order valence-electron chi connectivity index (χ4n) is 2.32. The topological polar surface area (TPSA) is 74.2 Å². The van der Waals surface area contributed by atoms with Gasteiger partial charge in [0.15, 0.2) is 5.82 Å². The highest BCUT2D eigenvalue weighted by molar-refractivity contribution is 4.97. The lowest BCUT2D eigenvalue weighted by molar-refractivity contribution is 0.0182. The van der Waals surface area contributed by atoms with Gasteiger partial charge in [0.1, 0.15) is 6.61 Å². The molecule has 1 heterocycles. The fraction of sp³-hybridized carbons (Fsp3) is 0.833. The molecule has 0 aromatic carbocycles. The second kappa shape index (κ2) is 6.91. The molecule has 1 fully saturated rings. The zero-order valence-electron chi connectivity index (χ0n) is 10.7. The minimum absolute atomic E-state index is 0.174. The van der Waals surface area contributed by atoms with Gasteiger partial charge in [-0.15, -0.1) is 0 Å². The predicted molar refractivity (Wildman–Crippen MR) is 64.0 cm³/mol. The molecular formula is C12H19F2N3O2. The van der Waals surface area contributed by atoms with Gasteiger partial charge in [-0.1, -0.05) is 11.6 Å². The minimum atomic E-state index is -2.44. The van der Waals surface area contributed by atoms with Crippen molar-refractivity contribution in [2.45, 2.75) is 50.5 Å². The Morgan fingerprint density at radius 2 is 2.26 bits per heavy atom. The first kappa shape index (κ1) is 14.3. The molecule has 2 rings (SSSR count). The van der Waals surface area contributed by atoms with Gasteiger partial charge in [-0.2, -0.15) is 4.98 Å². The molecule has 1 aromatic rings. The van der Waals surface area contributed by atoms with Gasteiger partial charge in [-0.3, -0.25) is 0 Å². The monoisotopic (exact) mass is 275 g/mol. The third-order valence-corrected chi connectivity index (χ3v) is 3.26. The summed E-state index contributed by atoms with van der Waals surface area (Å²) in [4.78, 5) is 4.28. The molecule has 2 atom stereocenters. The van der Waals surface area contributed by atoms with Crippen molar-refractivity contribution < 1.29 is 18.0 Å². The number of hydrogen-bond donors (Lipinski definition) is 1. The van der Waals surface area contributed by atoms with E-state index in [0.29, 0.717) is 18.1 Å². The van der Waals surface area contributed by atoms with Crippen molar-refractivity contribution in [1.29, 1.82) is 0 Å². The van der Waals surface area contributed by atoms with Crippen LogP contribution in [-0.2, 0) is 11.2 Å². The van der Waals surface area contributed by atoms with Crippen molar-refractivity contribution >= 4 is 0 Å². The number of nitrogens with two attached hydrogens (primary N) is 1. The van der Waals surface area contributed by atoms with E-state index >= 15 is 0 Å². The van der Waals surface area contributed by atoms with Crippen molar-refractivity contribution in [1.82, 2.24) is 10.1 Å². The highest BCUT2D eigenvalue weighted by Gasteiger charge is 2.25. The average molecular weight is 275 g/mol. The van der Waals surface area contributed by atoms with Gasteiger partial charge in [0.25, 0.3) is 6.43 Å². The van der Waals surface area contributed by atoms with E-state index in [4.69, 9.17) is 15.0 Å². The zero-order chi connectivity index (χ0) is 13.7.